The number of rotatable bonds is 6. The normalized spacial score (nSPS) is 16.7. The summed E-state index contributed by atoms with van der Waals surface area (Å²) in [6, 6.07) is 13.9. The lowest BCUT2D eigenvalue weighted by Gasteiger charge is -2.15. The van der Waals surface area contributed by atoms with Gasteiger partial charge in [-0.1, -0.05) is 37.3 Å². The van der Waals surface area contributed by atoms with Gasteiger partial charge in [0.25, 0.3) is 0 Å². The minimum atomic E-state index is -0.0247. The molecule has 0 saturated carbocycles. The highest BCUT2D eigenvalue weighted by Gasteiger charge is 2.23. The summed E-state index contributed by atoms with van der Waals surface area (Å²) in [5.74, 6) is 1.67. The molecule has 25 heavy (non-hydrogen) atoms. The third kappa shape index (κ3) is 4.13. The first-order valence-corrected chi connectivity index (χ1v) is 8.88. The van der Waals surface area contributed by atoms with Crippen molar-refractivity contribution in [3.8, 4) is 11.5 Å². The number of carbonyl (C=O) groups is 1. The summed E-state index contributed by atoms with van der Waals surface area (Å²) in [5.41, 5.74) is 2.97. The highest BCUT2D eigenvalue weighted by Crippen LogP contribution is 2.38. The van der Waals surface area contributed by atoms with Crippen LogP contribution in [0.4, 0.5) is 5.69 Å². The van der Waals surface area contributed by atoms with E-state index in [0.717, 1.165) is 23.3 Å². The molecule has 0 fully saturated rings. The van der Waals surface area contributed by atoms with Gasteiger partial charge >= 0.3 is 0 Å². The second kappa shape index (κ2) is 7.60. The fourth-order valence-corrected chi connectivity index (χ4v) is 3.19. The van der Waals surface area contributed by atoms with E-state index in [1.807, 2.05) is 56.3 Å². The fourth-order valence-electron chi connectivity index (χ4n) is 3.19. The molecule has 3 rings (SSSR count). The fraction of sp³-hybridized carbons (Fsp3) is 0.381. The van der Waals surface area contributed by atoms with E-state index in [1.165, 1.54) is 0 Å². The topological polar surface area (TPSA) is 47.6 Å². The molecule has 0 spiro atoms. The molecule has 4 nitrogen and oxygen atoms in total. The zero-order valence-electron chi connectivity index (χ0n) is 15.0. The number of benzene rings is 2. The molecule has 2 aromatic carbocycles. The number of hydrogen-bond acceptors (Lipinski definition) is 3. The van der Waals surface area contributed by atoms with E-state index in [1.54, 1.807) is 0 Å². The van der Waals surface area contributed by atoms with E-state index in [9.17, 15) is 4.79 Å². The SMILES string of the molecule is CCOc1cc2c(cc1NC(=O)CC(C)c1ccccc1)OC(C)C2. The van der Waals surface area contributed by atoms with Crippen LogP contribution in [0.2, 0.25) is 0 Å². The summed E-state index contributed by atoms with van der Waals surface area (Å²) in [7, 11) is 0. The summed E-state index contributed by atoms with van der Waals surface area (Å²) in [4.78, 5) is 12.5. The van der Waals surface area contributed by atoms with Crippen molar-refractivity contribution < 1.29 is 14.3 Å². The molecule has 2 aromatic rings. The zero-order chi connectivity index (χ0) is 17.8. The van der Waals surface area contributed by atoms with Crippen LogP contribution < -0.4 is 14.8 Å². The van der Waals surface area contributed by atoms with E-state index < -0.39 is 0 Å². The standard InChI is InChI=1S/C21H25NO3/c1-4-24-20-12-17-11-15(3)25-19(17)13-18(20)22-21(23)10-14(2)16-8-6-5-7-9-16/h5-9,12-15H,4,10-11H2,1-3H3,(H,22,23). The van der Waals surface area contributed by atoms with E-state index in [2.05, 4.69) is 12.2 Å². The van der Waals surface area contributed by atoms with Crippen LogP contribution in [-0.2, 0) is 11.2 Å². The molecule has 0 aromatic heterocycles. The predicted molar refractivity (Wildman–Crippen MR) is 99.5 cm³/mol. The van der Waals surface area contributed by atoms with Crippen LogP contribution in [0.5, 0.6) is 11.5 Å². The van der Waals surface area contributed by atoms with Crippen molar-refractivity contribution in [3.05, 3.63) is 53.6 Å². The van der Waals surface area contributed by atoms with Gasteiger partial charge in [0.15, 0.2) is 0 Å². The van der Waals surface area contributed by atoms with Crippen LogP contribution in [0.25, 0.3) is 0 Å². The van der Waals surface area contributed by atoms with Gasteiger partial charge in [0, 0.05) is 24.5 Å². The van der Waals surface area contributed by atoms with Gasteiger partial charge in [0.1, 0.15) is 17.6 Å². The average molecular weight is 339 g/mol. The van der Waals surface area contributed by atoms with E-state index >= 15 is 0 Å². The lowest BCUT2D eigenvalue weighted by Crippen LogP contribution is -2.15. The van der Waals surface area contributed by atoms with Crippen molar-refractivity contribution in [3.63, 3.8) is 0 Å². The maximum absolute atomic E-state index is 12.5. The van der Waals surface area contributed by atoms with Gasteiger partial charge in [-0.05, 0) is 31.4 Å². The molecule has 0 radical (unpaired) electrons. The van der Waals surface area contributed by atoms with Gasteiger partial charge in [-0.15, -0.1) is 0 Å². The number of anilines is 1. The van der Waals surface area contributed by atoms with Crippen LogP contribution in [-0.4, -0.2) is 18.6 Å². The van der Waals surface area contributed by atoms with Gasteiger partial charge < -0.3 is 14.8 Å². The van der Waals surface area contributed by atoms with Crippen LogP contribution >= 0.6 is 0 Å². The predicted octanol–water partition coefficient (Wildman–Crippen LogP) is 4.54. The monoisotopic (exact) mass is 339 g/mol. The lowest BCUT2D eigenvalue weighted by molar-refractivity contribution is -0.116. The smallest absolute Gasteiger partial charge is 0.225 e. The molecule has 1 aliphatic rings. The van der Waals surface area contributed by atoms with E-state index in [4.69, 9.17) is 9.47 Å². The quantitative estimate of drug-likeness (QED) is 0.840. The molecular weight excluding hydrogens is 314 g/mol. The molecule has 1 aliphatic heterocycles. The van der Waals surface area contributed by atoms with E-state index in [-0.39, 0.29) is 17.9 Å². The molecule has 1 heterocycles. The Kier molecular flexibility index (Phi) is 5.27. The number of carbonyl (C=O) groups excluding carboxylic acids is 1. The van der Waals surface area contributed by atoms with Gasteiger partial charge in [-0.25, -0.2) is 0 Å². The van der Waals surface area contributed by atoms with Gasteiger partial charge in [0.2, 0.25) is 5.91 Å². The summed E-state index contributed by atoms with van der Waals surface area (Å²) in [6.45, 7) is 6.60. The molecule has 2 unspecified atom stereocenters. The third-order valence-corrected chi connectivity index (χ3v) is 4.43. The Morgan fingerprint density at radius 1 is 1.32 bits per heavy atom. The highest BCUT2D eigenvalue weighted by molar-refractivity contribution is 5.93. The molecule has 2 atom stereocenters. The Bertz CT molecular complexity index is 742. The van der Waals surface area contributed by atoms with Crippen molar-refractivity contribution >= 4 is 11.6 Å². The number of amides is 1. The molecular formula is C21H25NO3. The molecule has 1 N–H and O–H groups in total. The molecule has 0 aliphatic carbocycles. The molecule has 0 bridgehead atoms. The molecule has 4 heteroatoms. The Labute approximate surface area is 149 Å². The van der Waals surface area contributed by atoms with Crippen molar-refractivity contribution in [1.82, 2.24) is 0 Å². The Morgan fingerprint density at radius 2 is 2.08 bits per heavy atom. The van der Waals surface area contributed by atoms with Crippen molar-refractivity contribution in [1.29, 1.82) is 0 Å². The third-order valence-electron chi connectivity index (χ3n) is 4.43. The average Bonchev–Trinajstić information content (AvgIpc) is 2.95. The molecule has 132 valence electrons. The lowest BCUT2D eigenvalue weighted by atomic mass is 9.97. The summed E-state index contributed by atoms with van der Waals surface area (Å²) >= 11 is 0. The number of nitrogens with one attached hydrogen (secondary N) is 1. The largest absolute Gasteiger partial charge is 0.492 e. The number of ether oxygens (including phenoxy) is 2. The van der Waals surface area contributed by atoms with Crippen LogP contribution in [0.3, 0.4) is 0 Å². The maximum atomic E-state index is 12.5. The van der Waals surface area contributed by atoms with Gasteiger partial charge in [0.05, 0.1) is 12.3 Å². The minimum Gasteiger partial charge on any atom is -0.492 e. The van der Waals surface area contributed by atoms with Crippen molar-refractivity contribution in [2.75, 3.05) is 11.9 Å². The maximum Gasteiger partial charge on any atom is 0.225 e. The second-order valence-electron chi connectivity index (χ2n) is 6.59. The summed E-state index contributed by atoms with van der Waals surface area (Å²) < 4.78 is 11.5. The van der Waals surface area contributed by atoms with Gasteiger partial charge in [-0.2, -0.15) is 0 Å². The first-order valence-electron chi connectivity index (χ1n) is 8.88. The summed E-state index contributed by atoms with van der Waals surface area (Å²) in [6.07, 6.45) is 1.45. The number of hydrogen-bond donors (Lipinski definition) is 1. The summed E-state index contributed by atoms with van der Waals surface area (Å²) in [5, 5.41) is 3.00. The zero-order valence-corrected chi connectivity index (χ0v) is 15.0. The first kappa shape index (κ1) is 17.3. The second-order valence-corrected chi connectivity index (χ2v) is 6.59. The van der Waals surface area contributed by atoms with Crippen LogP contribution in [0, 0.1) is 0 Å². The van der Waals surface area contributed by atoms with E-state index in [0.29, 0.717) is 24.5 Å². The Morgan fingerprint density at radius 3 is 2.80 bits per heavy atom. The molecule has 0 saturated heterocycles. The Balaban J connectivity index is 1.73. The highest BCUT2D eigenvalue weighted by atomic mass is 16.5. The van der Waals surface area contributed by atoms with Crippen molar-refractivity contribution in [2.24, 2.45) is 0 Å². The Hall–Kier alpha value is -2.49. The first-order chi connectivity index (χ1) is 12.1. The number of fused-ring (bicyclic) bond motifs is 1. The molecule has 1 amide bonds. The van der Waals surface area contributed by atoms with Gasteiger partial charge in [-0.3, -0.25) is 4.79 Å². The minimum absolute atomic E-state index is 0.0247. The van der Waals surface area contributed by atoms with Crippen LogP contribution in [0.1, 0.15) is 44.2 Å². The van der Waals surface area contributed by atoms with Crippen LogP contribution in [0.15, 0.2) is 42.5 Å². The van der Waals surface area contributed by atoms with Crippen molar-refractivity contribution in [2.45, 2.75) is 45.6 Å².